The van der Waals surface area contributed by atoms with Gasteiger partial charge in [-0.05, 0) is 47.5 Å². The highest BCUT2D eigenvalue weighted by atomic mass is 19.1. The van der Waals surface area contributed by atoms with E-state index in [9.17, 15) is 9.65 Å². The molecule has 0 aromatic heterocycles. The number of halogens is 1. The third kappa shape index (κ3) is 4.60. The Balaban J connectivity index is 1.72. The summed E-state index contributed by atoms with van der Waals surface area (Å²) in [7, 11) is 0. The minimum Gasteiger partial charge on any atom is -0.489 e. The van der Waals surface area contributed by atoms with Crippen LogP contribution in [0, 0.1) is 28.5 Å². The summed E-state index contributed by atoms with van der Waals surface area (Å²) >= 11 is 0. The Labute approximate surface area is 157 Å². The van der Waals surface area contributed by atoms with Crippen LogP contribution in [-0.4, -0.2) is 0 Å². The molecular weight excluding hydrogens is 339 g/mol. The van der Waals surface area contributed by atoms with Gasteiger partial charge < -0.3 is 4.74 Å². The van der Waals surface area contributed by atoms with Gasteiger partial charge in [-0.2, -0.15) is 10.5 Å². The molecule has 0 atom stereocenters. The van der Waals surface area contributed by atoms with Crippen molar-refractivity contribution in [2.75, 3.05) is 0 Å². The Bertz CT molecular complexity index is 1040. The van der Waals surface area contributed by atoms with Gasteiger partial charge in [0.1, 0.15) is 18.2 Å². The maximum atomic E-state index is 13.0. The van der Waals surface area contributed by atoms with Crippen LogP contribution in [0.3, 0.4) is 0 Å². The zero-order valence-corrected chi connectivity index (χ0v) is 14.4. The van der Waals surface area contributed by atoms with Crippen LogP contribution in [0.2, 0.25) is 0 Å². The molecule has 0 amide bonds. The van der Waals surface area contributed by atoms with E-state index in [0.29, 0.717) is 29.1 Å². The van der Waals surface area contributed by atoms with E-state index in [1.165, 1.54) is 12.1 Å². The van der Waals surface area contributed by atoms with Crippen molar-refractivity contribution in [3.63, 3.8) is 0 Å². The standard InChI is InChI=1S/C23H15FN2O/c24-22-9-7-18(8-10-22)21(15-26)13-17-5-11-23(12-6-17)27-16-20-4-2-1-3-19(20)14-25/h1-13H,16H2. The number of nitrogens with zero attached hydrogens (tertiary/aromatic N) is 2. The van der Waals surface area contributed by atoms with Gasteiger partial charge in [0, 0.05) is 5.56 Å². The van der Waals surface area contributed by atoms with Gasteiger partial charge in [-0.3, -0.25) is 0 Å². The van der Waals surface area contributed by atoms with Gasteiger partial charge in [0.25, 0.3) is 0 Å². The second-order valence-electron chi connectivity index (χ2n) is 5.80. The highest BCUT2D eigenvalue weighted by Crippen LogP contribution is 2.21. The van der Waals surface area contributed by atoms with Crippen molar-refractivity contribution < 1.29 is 9.13 Å². The van der Waals surface area contributed by atoms with Gasteiger partial charge in [-0.15, -0.1) is 0 Å². The minimum atomic E-state index is -0.337. The molecule has 0 saturated carbocycles. The molecule has 0 aliphatic rings. The molecule has 0 N–H and O–H groups in total. The number of hydrogen-bond donors (Lipinski definition) is 0. The quantitative estimate of drug-likeness (QED) is 0.459. The number of ether oxygens (including phenoxy) is 1. The van der Waals surface area contributed by atoms with E-state index in [1.54, 1.807) is 36.4 Å². The Kier molecular flexibility index (Phi) is 5.62. The van der Waals surface area contributed by atoms with Gasteiger partial charge >= 0.3 is 0 Å². The monoisotopic (exact) mass is 354 g/mol. The van der Waals surface area contributed by atoms with E-state index < -0.39 is 0 Å². The molecule has 0 heterocycles. The lowest BCUT2D eigenvalue weighted by atomic mass is 10.0. The zero-order valence-electron chi connectivity index (χ0n) is 14.4. The Morgan fingerprint density at radius 3 is 2.30 bits per heavy atom. The van der Waals surface area contributed by atoms with Crippen molar-refractivity contribution in [3.8, 4) is 17.9 Å². The molecule has 3 aromatic carbocycles. The average molecular weight is 354 g/mol. The summed E-state index contributed by atoms with van der Waals surface area (Å²) in [5.41, 5.74) is 3.36. The second kappa shape index (κ2) is 8.47. The van der Waals surface area contributed by atoms with Gasteiger partial charge in [0.2, 0.25) is 0 Å². The summed E-state index contributed by atoms with van der Waals surface area (Å²) < 4.78 is 18.8. The van der Waals surface area contributed by atoms with E-state index >= 15 is 0 Å². The van der Waals surface area contributed by atoms with Crippen LogP contribution in [0.15, 0.2) is 72.8 Å². The fraction of sp³-hybridized carbons (Fsp3) is 0.0435. The second-order valence-corrected chi connectivity index (χ2v) is 5.80. The topological polar surface area (TPSA) is 56.8 Å². The Morgan fingerprint density at radius 2 is 1.63 bits per heavy atom. The molecular formula is C23H15FN2O. The summed E-state index contributed by atoms with van der Waals surface area (Å²) in [6.45, 7) is 0.304. The van der Waals surface area contributed by atoms with Gasteiger partial charge in [-0.1, -0.05) is 42.5 Å². The number of rotatable bonds is 5. The minimum absolute atomic E-state index is 0.304. The molecule has 3 rings (SSSR count). The first-order chi connectivity index (χ1) is 13.2. The third-order valence-electron chi connectivity index (χ3n) is 4.00. The van der Waals surface area contributed by atoms with Gasteiger partial charge in [0.15, 0.2) is 0 Å². The van der Waals surface area contributed by atoms with Crippen molar-refractivity contribution in [1.29, 1.82) is 10.5 Å². The van der Waals surface area contributed by atoms with E-state index in [0.717, 1.165) is 11.1 Å². The predicted molar refractivity (Wildman–Crippen MR) is 102 cm³/mol. The highest BCUT2D eigenvalue weighted by molar-refractivity contribution is 5.89. The van der Waals surface area contributed by atoms with Crippen molar-refractivity contribution in [1.82, 2.24) is 0 Å². The molecule has 0 bridgehead atoms. The molecule has 0 aliphatic carbocycles. The molecule has 4 heteroatoms. The van der Waals surface area contributed by atoms with E-state index in [1.807, 2.05) is 30.3 Å². The van der Waals surface area contributed by atoms with Crippen LogP contribution in [-0.2, 0) is 6.61 Å². The Morgan fingerprint density at radius 1 is 0.926 bits per heavy atom. The normalized spacial score (nSPS) is 10.7. The van der Waals surface area contributed by atoms with Crippen molar-refractivity contribution in [2.45, 2.75) is 6.61 Å². The Hall–Kier alpha value is -3.89. The van der Waals surface area contributed by atoms with Crippen molar-refractivity contribution >= 4 is 11.6 Å². The first-order valence-corrected chi connectivity index (χ1v) is 8.28. The molecule has 3 nitrogen and oxygen atoms in total. The number of allylic oxidation sites excluding steroid dienone is 1. The average Bonchev–Trinajstić information content (AvgIpc) is 2.72. The summed E-state index contributed by atoms with van der Waals surface area (Å²) in [4.78, 5) is 0. The fourth-order valence-corrected chi connectivity index (χ4v) is 2.55. The summed E-state index contributed by atoms with van der Waals surface area (Å²) in [5, 5.41) is 18.5. The lowest BCUT2D eigenvalue weighted by Gasteiger charge is -2.08. The van der Waals surface area contributed by atoms with Gasteiger partial charge in [-0.25, -0.2) is 4.39 Å². The summed E-state index contributed by atoms with van der Waals surface area (Å²) in [5.74, 6) is 0.329. The molecule has 3 aromatic rings. The summed E-state index contributed by atoms with van der Waals surface area (Å²) in [6, 6.07) is 24.7. The molecule has 130 valence electrons. The maximum absolute atomic E-state index is 13.0. The van der Waals surface area contributed by atoms with Crippen LogP contribution in [0.25, 0.3) is 11.6 Å². The summed E-state index contributed by atoms with van der Waals surface area (Å²) in [6.07, 6.45) is 1.74. The van der Waals surface area contributed by atoms with Crippen LogP contribution in [0.5, 0.6) is 5.75 Å². The van der Waals surface area contributed by atoms with E-state index in [4.69, 9.17) is 10.00 Å². The van der Waals surface area contributed by atoms with Crippen LogP contribution < -0.4 is 4.74 Å². The van der Waals surface area contributed by atoms with Crippen LogP contribution in [0.4, 0.5) is 4.39 Å². The number of hydrogen-bond acceptors (Lipinski definition) is 3. The smallest absolute Gasteiger partial charge is 0.123 e. The lowest BCUT2D eigenvalue weighted by Crippen LogP contribution is -1.98. The SMILES string of the molecule is N#CC(=Cc1ccc(OCc2ccccc2C#N)cc1)c1ccc(F)cc1. The zero-order chi connectivity index (χ0) is 19.1. The predicted octanol–water partition coefficient (Wildman–Crippen LogP) is 5.34. The van der Waals surface area contributed by atoms with E-state index in [-0.39, 0.29) is 5.82 Å². The van der Waals surface area contributed by atoms with Crippen LogP contribution >= 0.6 is 0 Å². The molecule has 0 spiro atoms. The molecule has 0 radical (unpaired) electrons. The molecule has 0 unspecified atom stereocenters. The first-order valence-electron chi connectivity index (χ1n) is 8.28. The largest absolute Gasteiger partial charge is 0.489 e. The lowest BCUT2D eigenvalue weighted by molar-refractivity contribution is 0.306. The fourth-order valence-electron chi connectivity index (χ4n) is 2.55. The number of nitriles is 2. The molecule has 0 fully saturated rings. The maximum Gasteiger partial charge on any atom is 0.123 e. The molecule has 27 heavy (non-hydrogen) atoms. The molecule has 0 saturated heterocycles. The first kappa shape index (κ1) is 17.9. The number of benzene rings is 3. The van der Waals surface area contributed by atoms with E-state index in [2.05, 4.69) is 12.1 Å². The van der Waals surface area contributed by atoms with Crippen molar-refractivity contribution in [2.24, 2.45) is 0 Å². The van der Waals surface area contributed by atoms with Crippen LogP contribution in [0.1, 0.15) is 22.3 Å². The third-order valence-corrected chi connectivity index (χ3v) is 4.00. The van der Waals surface area contributed by atoms with Gasteiger partial charge in [0.05, 0.1) is 23.3 Å². The highest BCUT2D eigenvalue weighted by Gasteiger charge is 2.04. The van der Waals surface area contributed by atoms with Crippen molar-refractivity contribution in [3.05, 3.63) is 101 Å². The molecule has 0 aliphatic heterocycles.